The highest BCUT2D eigenvalue weighted by Gasteiger charge is 2.15. The molecule has 10 nitrogen and oxygen atoms in total. The first-order chi connectivity index (χ1) is 18.3. The van der Waals surface area contributed by atoms with Crippen molar-refractivity contribution in [2.24, 2.45) is 0 Å². The molecule has 0 aliphatic carbocycles. The van der Waals surface area contributed by atoms with E-state index in [-0.39, 0.29) is 40.9 Å². The summed E-state index contributed by atoms with van der Waals surface area (Å²) in [6, 6.07) is 8.25. The Morgan fingerprint density at radius 1 is 0.737 bits per heavy atom. The Labute approximate surface area is 216 Å². The Bertz CT molecular complexity index is 1480. The fraction of sp³-hybridized carbons (Fsp3) is 0.154. The van der Waals surface area contributed by atoms with Crippen LogP contribution in [0.2, 0.25) is 0 Å². The number of carbonyl (C=O) groups is 2. The molecular formula is C26H22F2N6O4. The summed E-state index contributed by atoms with van der Waals surface area (Å²) in [5.41, 5.74) is 0.974. The number of hydrogen-bond donors (Lipinski definition) is 2. The lowest BCUT2D eigenvalue weighted by Gasteiger charge is -2.12. The number of pyridine rings is 4. The van der Waals surface area contributed by atoms with E-state index in [2.05, 4.69) is 30.6 Å². The normalized spacial score (nSPS) is 10.5. The van der Waals surface area contributed by atoms with E-state index in [0.29, 0.717) is 17.8 Å². The van der Waals surface area contributed by atoms with Gasteiger partial charge >= 0.3 is 0 Å². The van der Waals surface area contributed by atoms with E-state index in [4.69, 9.17) is 9.47 Å². The lowest BCUT2D eigenvalue weighted by molar-refractivity contribution is 0.0943. The molecule has 0 saturated carbocycles. The maximum absolute atomic E-state index is 13.5. The molecule has 0 spiro atoms. The minimum Gasteiger partial charge on any atom is -0.455 e. The number of carbonyl (C=O) groups excluding carboxylic acids is 2. The molecule has 0 atom stereocenters. The monoisotopic (exact) mass is 520 g/mol. The molecule has 38 heavy (non-hydrogen) atoms. The van der Waals surface area contributed by atoms with Gasteiger partial charge in [-0.3, -0.25) is 19.6 Å². The van der Waals surface area contributed by atoms with Crippen LogP contribution in [0.3, 0.4) is 0 Å². The molecule has 0 aromatic carbocycles. The van der Waals surface area contributed by atoms with Crippen LogP contribution in [0.25, 0.3) is 0 Å². The standard InChI is InChI=1S/C26H22F2N6O4/c1-3-17-6-19(37-21-4-15(27)10-30-13-21)9-24(33-17)26(36)32-12-18-7-20(8-23(34-18)25(35)29-2)38-22-5-16(28)11-31-14-22/h4-11,13-14H,3,12H2,1-2H3,(H,29,35)(H,32,36). The highest BCUT2D eigenvalue weighted by atomic mass is 19.1. The zero-order valence-electron chi connectivity index (χ0n) is 20.4. The summed E-state index contributed by atoms with van der Waals surface area (Å²) in [4.78, 5) is 41.2. The second-order valence-corrected chi connectivity index (χ2v) is 7.86. The van der Waals surface area contributed by atoms with Gasteiger partial charge in [0.05, 0.1) is 37.0 Å². The summed E-state index contributed by atoms with van der Waals surface area (Å²) in [5, 5.41) is 5.17. The molecule has 0 unspecified atom stereocenters. The highest BCUT2D eigenvalue weighted by molar-refractivity contribution is 5.93. The van der Waals surface area contributed by atoms with E-state index < -0.39 is 23.4 Å². The summed E-state index contributed by atoms with van der Waals surface area (Å²) in [5.74, 6) is -1.40. The van der Waals surface area contributed by atoms with Crippen molar-refractivity contribution >= 4 is 11.8 Å². The Hall–Kier alpha value is -5.00. The van der Waals surface area contributed by atoms with Crippen LogP contribution in [-0.4, -0.2) is 38.8 Å². The minimum absolute atomic E-state index is 0.0316. The highest BCUT2D eigenvalue weighted by Crippen LogP contribution is 2.24. The molecular weight excluding hydrogens is 498 g/mol. The van der Waals surface area contributed by atoms with E-state index >= 15 is 0 Å². The van der Waals surface area contributed by atoms with Crippen molar-refractivity contribution in [2.75, 3.05) is 7.05 Å². The number of aryl methyl sites for hydroxylation is 1. The van der Waals surface area contributed by atoms with Gasteiger partial charge in [0.25, 0.3) is 11.8 Å². The number of halogens is 2. The maximum Gasteiger partial charge on any atom is 0.270 e. The topological polar surface area (TPSA) is 128 Å². The third kappa shape index (κ3) is 6.81. The van der Waals surface area contributed by atoms with E-state index in [9.17, 15) is 18.4 Å². The zero-order chi connectivity index (χ0) is 27.1. The van der Waals surface area contributed by atoms with Crippen molar-refractivity contribution in [1.82, 2.24) is 30.6 Å². The fourth-order valence-corrected chi connectivity index (χ4v) is 3.30. The Balaban J connectivity index is 1.53. The molecule has 0 fully saturated rings. The fourth-order valence-electron chi connectivity index (χ4n) is 3.30. The number of rotatable bonds is 9. The Kier molecular flexibility index (Phi) is 8.11. The number of aromatic nitrogens is 4. The molecule has 0 bridgehead atoms. The van der Waals surface area contributed by atoms with Crippen LogP contribution in [0.15, 0.2) is 61.2 Å². The first kappa shape index (κ1) is 26.1. The van der Waals surface area contributed by atoms with Gasteiger partial charge in [0.15, 0.2) is 0 Å². The molecule has 4 aromatic rings. The van der Waals surface area contributed by atoms with Crippen LogP contribution in [0, 0.1) is 11.6 Å². The molecule has 4 rings (SSSR count). The van der Waals surface area contributed by atoms with Gasteiger partial charge in [-0.05, 0) is 6.42 Å². The van der Waals surface area contributed by atoms with E-state index in [1.807, 2.05) is 6.92 Å². The summed E-state index contributed by atoms with van der Waals surface area (Å²) < 4.78 is 38.3. The summed E-state index contributed by atoms with van der Waals surface area (Å²) in [6.45, 7) is 1.78. The van der Waals surface area contributed by atoms with E-state index in [1.165, 1.54) is 43.7 Å². The minimum atomic E-state index is -0.589. The molecule has 0 saturated heterocycles. The first-order valence-corrected chi connectivity index (χ1v) is 11.4. The van der Waals surface area contributed by atoms with Gasteiger partial charge in [0, 0.05) is 49.1 Å². The van der Waals surface area contributed by atoms with E-state index in [1.54, 1.807) is 6.07 Å². The first-order valence-electron chi connectivity index (χ1n) is 11.4. The Morgan fingerprint density at radius 2 is 1.26 bits per heavy atom. The van der Waals surface area contributed by atoms with Gasteiger partial charge in [-0.15, -0.1) is 0 Å². The van der Waals surface area contributed by atoms with Crippen LogP contribution in [0.1, 0.15) is 39.3 Å². The van der Waals surface area contributed by atoms with Crippen LogP contribution in [-0.2, 0) is 13.0 Å². The summed E-state index contributed by atoms with van der Waals surface area (Å²) in [6.07, 6.45) is 5.26. The van der Waals surface area contributed by atoms with Crippen molar-refractivity contribution in [1.29, 1.82) is 0 Å². The lowest BCUT2D eigenvalue weighted by Crippen LogP contribution is -2.26. The van der Waals surface area contributed by atoms with Gasteiger partial charge < -0.3 is 20.1 Å². The van der Waals surface area contributed by atoms with Crippen LogP contribution < -0.4 is 20.1 Å². The third-order valence-electron chi connectivity index (χ3n) is 5.02. The average Bonchev–Trinajstić information content (AvgIpc) is 2.91. The molecule has 0 radical (unpaired) electrons. The van der Waals surface area contributed by atoms with Gasteiger partial charge in [-0.1, -0.05) is 6.92 Å². The molecule has 2 amide bonds. The second kappa shape index (κ2) is 11.8. The van der Waals surface area contributed by atoms with Crippen LogP contribution in [0.4, 0.5) is 8.78 Å². The van der Waals surface area contributed by atoms with Gasteiger partial charge in [0.1, 0.15) is 46.0 Å². The lowest BCUT2D eigenvalue weighted by atomic mass is 10.2. The van der Waals surface area contributed by atoms with Crippen molar-refractivity contribution < 1.29 is 27.8 Å². The summed E-state index contributed by atoms with van der Waals surface area (Å²) in [7, 11) is 1.45. The molecule has 0 aliphatic rings. The third-order valence-corrected chi connectivity index (χ3v) is 5.02. The SMILES string of the molecule is CCc1cc(Oc2cncc(F)c2)cc(C(=O)NCc2cc(Oc3cncc(F)c3)cc(C(=O)NC)n2)n1. The molecule has 2 N–H and O–H groups in total. The predicted molar refractivity (Wildman–Crippen MR) is 131 cm³/mol. The van der Waals surface area contributed by atoms with Gasteiger partial charge in [-0.2, -0.15) is 0 Å². The number of amides is 2. The Morgan fingerprint density at radius 3 is 1.79 bits per heavy atom. The molecule has 194 valence electrons. The largest absolute Gasteiger partial charge is 0.455 e. The zero-order valence-corrected chi connectivity index (χ0v) is 20.4. The van der Waals surface area contributed by atoms with Crippen molar-refractivity contribution in [2.45, 2.75) is 19.9 Å². The molecule has 0 aliphatic heterocycles. The van der Waals surface area contributed by atoms with Crippen molar-refractivity contribution in [3.63, 3.8) is 0 Å². The number of ether oxygens (including phenoxy) is 2. The predicted octanol–water partition coefficient (Wildman–Crippen LogP) is 3.98. The van der Waals surface area contributed by atoms with Crippen molar-refractivity contribution in [3.8, 4) is 23.0 Å². The van der Waals surface area contributed by atoms with E-state index in [0.717, 1.165) is 18.5 Å². The van der Waals surface area contributed by atoms with Crippen LogP contribution >= 0.6 is 0 Å². The maximum atomic E-state index is 13.5. The molecule has 4 aromatic heterocycles. The number of hydrogen-bond acceptors (Lipinski definition) is 8. The van der Waals surface area contributed by atoms with Crippen molar-refractivity contribution in [3.05, 3.63) is 95.6 Å². The second-order valence-electron chi connectivity index (χ2n) is 7.86. The van der Waals surface area contributed by atoms with Gasteiger partial charge in [-0.25, -0.2) is 18.7 Å². The molecule has 4 heterocycles. The quantitative estimate of drug-likeness (QED) is 0.339. The summed E-state index contributed by atoms with van der Waals surface area (Å²) >= 11 is 0. The molecule has 12 heteroatoms. The number of nitrogens with one attached hydrogen (secondary N) is 2. The smallest absolute Gasteiger partial charge is 0.270 e. The number of nitrogens with zero attached hydrogens (tertiary/aromatic N) is 4. The van der Waals surface area contributed by atoms with Gasteiger partial charge in [0.2, 0.25) is 0 Å². The van der Waals surface area contributed by atoms with Crippen LogP contribution in [0.5, 0.6) is 23.0 Å². The average molecular weight is 520 g/mol.